The van der Waals surface area contributed by atoms with Crippen molar-refractivity contribution in [1.82, 2.24) is 9.55 Å². The smallest absolute Gasteiger partial charge is 0.410 e. The van der Waals surface area contributed by atoms with Gasteiger partial charge < -0.3 is 14.9 Å². The first-order chi connectivity index (χ1) is 10.3. The molecule has 1 aliphatic carbocycles. The van der Waals surface area contributed by atoms with Crippen molar-refractivity contribution < 1.29 is 22.8 Å². The highest BCUT2D eigenvalue weighted by atomic mass is 19.4. The molecule has 0 amide bonds. The lowest BCUT2D eigenvalue weighted by Crippen LogP contribution is -2.13. The van der Waals surface area contributed by atoms with Crippen LogP contribution in [0, 0.1) is 10.1 Å². The fourth-order valence-corrected chi connectivity index (χ4v) is 1.93. The van der Waals surface area contributed by atoms with Crippen molar-refractivity contribution in [2.75, 3.05) is 0 Å². The predicted octanol–water partition coefficient (Wildman–Crippen LogP) is 3.48. The Balaban J connectivity index is 2.07. The number of aromatic nitrogens is 2. The van der Waals surface area contributed by atoms with Crippen LogP contribution in [0.1, 0.15) is 18.7 Å². The molecule has 0 atom stereocenters. The van der Waals surface area contributed by atoms with Crippen molar-refractivity contribution in [2.45, 2.75) is 19.2 Å². The number of alkyl halides is 3. The van der Waals surface area contributed by atoms with Gasteiger partial charge >= 0.3 is 12.2 Å². The lowest BCUT2D eigenvalue weighted by Gasteiger charge is -2.15. The van der Waals surface area contributed by atoms with Crippen LogP contribution in [0.15, 0.2) is 35.8 Å². The summed E-state index contributed by atoms with van der Waals surface area (Å²) >= 11 is 0. The van der Waals surface area contributed by atoms with Crippen LogP contribution in [-0.4, -0.2) is 20.8 Å². The van der Waals surface area contributed by atoms with Gasteiger partial charge in [-0.25, -0.2) is 9.55 Å². The highest BCUT2D eigenvalue weighted by Crippen LogP contribution is 2.27. The number of ether oxygens (including phenoxy) is 1. The van der Waals surface area contributed by atoms with Crippen molar-refractivity contribution in [1.29, 1.82) is 0 Å². The normalized spacial score (nSPS) is 15.6. The van der Waals surface area contributed by atoms with Crippen molar-refractivity contribution in [3.63, 3.8) is 0 Å². The van der Waals surface area contributed by atoms with E-state index in [4.69, 9.17) is 0 Å². The van der Waals surface area contributed by atoms with Gasteiger partial charge in [-0.1, -0.05) is 12.2 Å². The SMILES string of the molecule is Cn1c([N+](=O)[O-])cnc1/C=C/C1=CC=C(OC(F)(F)F)CC1. The molecule has 0 saturated heterocycles. The molecular weight excluding hydrogens is 303 g/mol. The summed E-state index contributed by atoms with van der Waals surface area (Å²) in [5.41, 5.74) is 0.778. The number of halogens is 3. The van der Waals surface area contributed by atoms with Crippen LogP contribution in [0.5, 0.6) is 0 Å². The summed E-state index contributed by atoms with van der Waals surface area (Å²) in [5.74, 6) is 0.101. The molecule has 6 nitrogen and oxygen atoms in total. The Morgan fingerprint density at radius 2 is 2.09 bits per heavy atom. The first-order valence-corrected chi connectivity index (χ1v) is 6.26. The minimum Gasteiger partial charge on any atom is -0.410 e. The zero-order valence-electron chi connectivity index (χ0n) is 11.5. The molecule has 1 aliphatic rings. The highest BCUT2D eigenvalue weighted by Gasteiger charge is 2.32. The predicted molar refractivity (Wildman–Crippen MR) is 71.4 cm³/mol. The van der Waals surface area contributed by atoms with E-state index in [1.165, 1.54) is 23.8 Å². The van der Waals surface area contributed by atoms with Crippen LogP contribution in [-0.2, 0) is 11.8 Å². The van der Waals surface area contributed by atoms with Crippen molar-refractivity contribution in [3.05, 3.63) is 51.7 Å². The zero-order valence-corrected chi connectivity index (χ0v) is 11.5. The van der Waals surface area contributed by atoms with Crippen molar-refractivity contribution >= 4 is 11.9 Å². The van der Waals surface area contributed by atoms with E-state index in [9.17, 15) is 23.3 Å². The molecule has 2 rings (SSSR count). The Labute approximate surface area is 123 Å². The lowest BCUT2D eigenvalue weighted by molar-refractivity contribution is -0.391. The molecule has 0 fully saturated rings. The first-order valence-electron chi connectivity index (χ1n) is 6.26. The van der Waals surface area contributed by atoms with Crippen LogP contribution in [0.3, 0.4) is 0 Å². The molecule has 1 aromatic rings. The van der Waals surface area contributed by atoms with Crippen molar-refractivity contribution in [3.8, 4) is 0 Å². The summed E-state index contributed by atoms with van der Waals surface area (Å²) in [4.78, 5) is 14.0. The number of imidazole rings is 1. The molecule has 22 heavy (non-hydrogen) atoms. The molecule has 0 N–H and O–H groups in total. The second-order valence-electron chi connectivity index (χ2n) is 4.55. The van der Waals surface area contributed by atoms with Crippen LogP contribution in [0.25, 0.3) is 6.08 Å². The third kappa shape index (κ3) is 3.96. The van der Waals surface area contributed by atoms with E-state index in [-0.39, 0.29) is 18.0 Å². The van der Waals surface area contributed by atoms with Crippen LogP contribution < -0.4 is 0 Å². The fourth-order valence-electron chi connectivity index (χ4n) is 1.93. The molecule has 9 heteroatoms. The average Bonchev–Trinajstić information content (AvgIpc) is 2.78. The molecule has 118 valence electrons. The molecule has 0 aromatic carbocycles. The van der Waals surface area contributed by atoms with Crippen LogP contribution in [0.2, 0.25) is 0 Å². The van der Waals surface area contributed by atoms with Gasteiger partial charge in [-0.2, -0.15) is 0 Å². The van der Waals surface area contributed by atoms with Gasteiger partial charge in [0.2, 0.25) is 5.82 Å². The Morgan fingerprint density at radius 1 is 1.36 bits per heavy atom. The third-order valence-corrected chi connectivity index (χ3v) is 3.02. The van der Waals surface area contributed by atoms with E-state index in [0.29, 0.717) is 12.2 Å². The Bertz CT molecular complexity index is 672. The number of hydrogen-bond donors (Lipinski definition) is 0. The largest absolute Gasteiger partial charge is 0.572 e. The summed E-state index contributed by atoms with van der Waals surface area (Å²) in [7, 11) is 1.51. The van der Waals surface area contributed by atoms with Crippen LogP contribution in [0.4, 0.5) is 19.0 Å². The Hall–Kier alpha value is -2.58. The second kappa shape index (κ2) is 6.04. The van der Waals surface area contributed by atoms with Gasteiger partial charge in [0.15, 0.2) is 0 Å². The maximum absolute atomic E-state index is 12.1. The van der Waals surface area contributed by atoms with Crippen molar-refractivity contribution in [2.24, 2.45) is 7.05 Å². The standard InChI is InChI=1S/C13H12F3N3O3/c1-18-11(17-8-12(18)19(20)21)7-4-9-2-5-10(6-3-9)22-13(14,15)16/h2,4-5,7-8H,3,6H2,1H3/b7-4+. The highest BCUT2D eigenvalue weighted by molar-refractivity contribution is 5.49. The number of nitrogens with zero attached hydrogens (tertiary/aromatic N) is 3. The van der Waals surface area contributed by atoms with Gasteiger partial charge in [-0.15, -0.1) is 13.2 Å². The zero-order chi connectivity index (χ0) is 16.3. The lowest BCUT2D eigenvalue weighted by atomic mass is 10.0. The summed E-state index contributed by atoms with van der Waals surface area (Å²) in [6.45, 7) is 0. The van der Waals surface area contributed by atoms with Gasteiger partial charge in [0.1, 0.15) is 12.0 Å². The summed E-state index contributed by atoms with van der Waals surface area (Å²) in [6, 6.07) is 0. The quantitative estimate of drug-likeness (QED) is 0.630. The molecule has 0 bridgehead atoms. The fraction of sp³-hybridized carbons (Fsp3) is 0.308. The second-order valence-corrected chi connectivity index (χ2v) is 4.55. The van der Waals surface area contributed by atoms with E-state index in [1.54, 1.807) is 12.2 Å². The van der Waals surface area contributed by atoms with Gasteiger partial charge in [0, 0.05) is 12.5 Å². The Morgan fingerprint density at radius 3 is 2.59 bits per heavy atom. The van der Waals surface area contributed by atoms with Gasteiger partial charge in [-0.3, -0.25) is 0 Å². The molecule has 0 radical (unpaired) electrons. The van der Waals surface area contributed by atoms with Gasteiger partial charge in [0.05, 0.1) is 7.05 Å². The molecular formula is C13H12F3N3O3. The Kier molecular flexibility index (Phi) is 4.34. The number of nitro groups is 1. The third-order valence-electron chi connectivity index (χ3n) is 3.02. The van der Waals surface area contributed by atoms with E-state index >= 15 is 0 Å². The molecule has 0 spiro atoms. The summed E-state index contributed by atoms with van der Waals surface area (Å²) < 4.78 is 41.3. The summed E-state index contributed by atoms with van der Waals surface area (Å²) in [5, 5.41) is 10.7. The first kappa shape index (κ1) is 15.8. The van der Waals surface area contributed by atoms with Crippen LogP contribution >= 0.6 is 0 Å². The van der Waals surface area contributed by atoms with E-state index < -0.39 is 11.3 Å². The molecule has 0 saturated carbocycles. The molecule has 1 aromatic heterocycles. The van der Waals surface area contributed by atoms with Gasteiger partial charge in [0.25, 0.3) is 0 Å². The van der Waals surface area contributed by atoms with Gasteiger partial charge in [-0.05, 0) is 23.0 Å². The average molecular weight is 315 g/mol. The van der Waals surface area contributed by atoms with E-state index in [0.717, 1.165) is 11.8 Å². The maximum atomic E-state index is 12.1. The molecule has 0 unspecified atom stereocenters. The topological polar surface area (TPSA) is 70.2 Å². The number of allylic oxidation sites excluding steroid dienone is 5. The molecule has 0 aliphatic heterocycles. The minimum absolute atomic E-state index is 0.135. The monoisotopic (exact) mass is 315 g/mol. The molecule has 1 heterocycles. The van der Waals surface area contributed by atoms with E-state index in [1.807, 2.05) is 0 Å². The minimum atomic E-state index is -4.68. The van der Waals surface area contributed by atoms with E-state index in [2.05, 4.69) is 9.72 Å². The summed E-state index contributed by atoms with van der Waals surface area (Å²) in [6.07, 6.45) is 2.98. The maximum Gasteiger partial charge on any atom is 0.572 e. The number of hydrogen-bond acceptors (Lipinski definition) is 4. The number of rotatable bonds is 4.